The normalized spacial score (nSPS) is 10.1. The van der Waals surface area contributed by atoms with Crippen LogP contribution in [0, 0.1) is 27.8 Å². The van der Waals surface area contributed by atoms with E-state index in [0.29, 0.717) is 12.0 Å². The second-order valence-electron chi connectivity index (χ2n) is 4.42. The average Bonchev–Trinajstić information content (AvgIpc) is 2.48. The molecule has 0 saturated carbocycles. The van der Waals surface area contributed by atoms with Gasteiger partial charge >= 0.3 is 12.3 Å². The van der Waals surface area contributed by atoms with Gasteiger partial charge in [-0.25, -0.2) is 0 Å². The smallest absolute Gasteiger partial charge is 0.387 e. The molecule has 0 aliphatic rings. The number of nitro benzene ring substituents is 1. The fourth-order valence-electron chi connectivity index (χ4n) is 1.77. The third kappa shape index (κ3) is 4.74. The van der Waals surface area contributed by atoms with Gasteiger partial charge in [0.25, 0.3) is 0 Å². The first kappa shape index (κ1) is 16.4. The van der Waals surface area contributed by atoms with Gasteiger partial charge < -0.3 is 4.74 Å². The SMILES string of the molecule is O=[N+]([O-])c1ccc(C#CCc2ccc(OC(F)F)cc2)cc1F. The molecule has 23 heavy (non-hydrogen) atoms. The number of nitro groups is 1. The van der Waals surface area contributed by atoms with Gasteiger partial charge in [0.05, 0.1) is 4.92 Å². The van der Waals surface area contributed by atoms with Gasteiger partial charge in [0, 0.05) is 18.1 Å². The summed E-state index contributed by atoms with van der Waals surface area (Å²) in [7, 11) is 0. The zero-order valence-corrected chi connectivity index (χ0v) is 11.6. The molecule has 0 unspecified atom stereocenters. The Balaban J connectivity index is 2.03. The first-order valence-electron chi connectivity index (χ1n) is 6.42. The van der Waals surface area contributed by atoms with Gasteiger partial charge in [-0.05, 0) is 29.8 Å². The fourth-order valence-corrected chi connectivity index (χ4v) is 1.77. The Morgan fingerprint density at radius 3 is 2.43 bits per heavy atom. The summed E-state index contributed by atoms with van der Waals surface area (Å²) in [4.78, 5) is 9.69. The molecule has 0 aliphatic carbocycles. The largest absolute Gasteiger partial charge is 0.435 e. The Hall–Kier alpha value is -3.01. The summed E-state index contributed by atoms with van der Waals surface area (Å²) in [6.45, 7) is -2.88. The lowest BCUT2D eigenvalue weighted by Gasteiger charge is -2.04. The van der Waals surface area contributed by atoms with Crippen LogP contribution < -0.4 is 4.74 Å². The van der Waals surface area contributed by atoms with E-state index < -0.39 is 23.0 Å². The molecule has 2 aromatic carbocycles. The van der Waals surface area contributed by atoms with Crippen molar-refractivity contribution in [3.63, 3.8) is 0 Å². The van der Waals surface area contributed by atoms with Crippen LogP contribution in [0.5, 0.6) is 5.75 Å². The predicted molar refractivity (Wildman–Crippen MR) is 76.7 cm³/mol. The quantitative estimate of drug-likeness (QED) is 0.487. The van der Waals surface area contributed by atoms with Crippen molar-refractivity contribution < 1.29 is 22.8 Å². The van der Waals surface area contributed by atoms with Crippen LogP contribution in [0.15, 0.2) is 42.5 Å². The molecule has 0 heterocycles. The molecule has 0 aliphatic heterocycles. The molecule has 4 nitrogen and oxygen atoms in total. The molecule has 0 bridgehead atoms. The van der Waals surface area contributed by atoms with Gasteiger partial charge in [-0.2, -0.15) is 13.2 Å². The molecular weight excluding hydrogens is 311 g/mol. The molecule has 7 heteroatoms. The zero-order chi connectivity index (χ0) is 16.8. The summed E-state index contributed by atoms with van der Waals surface area (Å²) in [5, 5.41) is 10.5. The predicted octanol–water partition coefficient (Wildman–Crippen LogP) is 3.93. The van der Waals surface area contributed by atoms with Crippen LogP contribution in [0.1, 0.15) is 11.1 Å². The van der Waals surface area contributed by atoms with Crippen molar-refractivity contribution in [3.05, 3.63) is 69.5 Å². The maximum Gasteiger partial charge on any atom is 0.387 e. The Bertz CT molecular complexity index is 764. The summed E-state index contributed by atoms with van der Waals surface area (Å²) in [5.74, 6) is 4.56. The molecule has 0 atom stereocenters. The van der Waals surface area contributed by atoms with Crippen LogP contribution in [0.2, 0.25) is 0 Å². The molecule has 0 aromatic heterocycles. The maximum absolute atomic E-state index is 13.4. The van der Waals surface area contributed by atoms with Crippen molar-refractivity contribution in [3.8, 4) is 17.6 Å². The van der Waals surface area contributed by atoms with Crippen LogP contribution in [0.4, 0.5) is 18.9 Å². The average molecular weight is 321 g/mol. The fraction of sp³-hybridized carbons (Fsp3) is 0.125. The van der Waals surface area contributed by atoms with Crippen molar-refractivity contribution >= 4 is 5.69 Å². The first-order chi connectivity index (χ1) is 11.0. The highest BCUT2D eigenvalue weighted by Gasteiger charge is 2.12. The van der Waals surface area contributed by atoms with Gasteiger partial charge in [-0.1, -0.05) is 24.0 Å². The van der Waals surface area contributed by atoms with E-state index in [-0.39, 0.29) is 5.75 Å². The molecule has 118 valence electrons. The van der Waals surface area contributed by atoms with Gasteiger partial charge in [0.1, 0.15) is 5.75 Å². The number of alkyl halides is 2. The molecule has 0 N–H and O–H groups in total. The molecule has 0 radical (unpaired) electrons. The molecule has 0 amide bonds. The zero-order valence-electron chi connectivity index (χ0n) is 11.6. The molecule has 0 spiro atoms. The maximum atomic E-state index is 13.4. The molecule has 2 rings (SSSR count). The third-order valence-electron chi connectivity index (χ3n) is 2.82. The number of ether oxygens (including phenoxy) is 1. The second kappa shape index (κ2) is 7.31. The minimum Gasteiger partial charge on any atom is -0.435 e. The molecular formula is C16H10F3NO3. The summed E-state index contributed by atoms with van der Waals surface area (Å²) < 4.78 is 41.6. The number of halogens is 3. The Morgan fingerprint density at radius 2 is 1.87 bits per heavy atom. The number of rotatable bonds is 4. The highest BCUT2D eigenvalue weighted by atomic mass is 19.3. The Kier molecular flexibility index (Phi) is 5.20. The van der Waals surface area contributed by atoms with Crippen molar-refractivity contribution in [1.29, 1.82) is 0 Å². The van der Waals surface area contributed by atoms with Crippen molar-refractivity contribution in [1.82, 2.24) is 0 Å². The van der Waals surface area contributed by atoms with E-state index in [1.54, 1.807) is 12.1 Å². The lowest BCUT2D eigenvalue weighted by molar-refractivity contribution is -0.387. The van der Waals surface area contributed by atoms with Gasteiger partial charge in [-0.3, -0.25) is 10.1 Å². The summed E-state index contributed by atoms with van der Waals surface area (Å²) >= 11 is 0. The Labute approximate surface area is 129 Å². The minimum absolute atomic E-state index is 0.0501. The highest BCUT2D eigenvalue weighted by Crippen LogP contribution is 2.18. The minimum atomic E-state index is -2.88. The molecule has 0 fully saturated rings. The van der Waals surface area contributed by atoms with Gasteiger partial charge in [0.2, 0.25) is 5.82 Å². The van der Waals surface area contributed by atoms with E-state index in [4.69, 9.17) is 0 Å². The van der Waals surface area contributed by atoms with Gasteiger partial charge in [-0.15, -0.1) is 0 Å². The first-order valence-corrected chi connectivity index (χ1v) is 6.42. The number of nitrogens with zero attached hydrogens (tertiary/aromatic N) is 1. The topological polar surface area (TPSA) is 52.4 Å². The number of benzene rings is 2. The van der Waals surface area contributed by atoms with Crippen LogP contribution in [0.25, 0.3) is 0 Å². The van der Waals surface area contributed by atoms with Crippen molar-refractivity contribution in [2.75, 3.05) is 0 Å². The standard InChI is InChI=1S/C16H10F3NO3/c17-14-10-12(6-9-15(14)20(21)22)3-1-2-11-4-7-13(8-5-11)23-16(18)19/h4-10,16H,2H2. The molecule has 0 saturated heterocycles. The summed E-state index contributed by atoms with van der Waals surface area (Å²) in [6.07, 6.45) is 0.313. The lowest BCUT2D eigenvalue weighted by Crippen LogP contribution is -2.01. The Morgan fingerprint density at radius 1 is 1.17 bits per heavy atom. The van der Waals surface area contributed by atoms with E-state index >= 15 is 0 Å². The van der Waals surface area contributed by atoms with E-state index in [0.717, 1.165) is 17.7 Å². The summed E-state index contributed by atoms with van der Waals surface area (Å²) in [6, 6.07) is 9.36. The lowest BCUT2D eigenvalue weighted by atomic mass is 10.1. The third-order valence-corrected chi connectivity index (χ3v) is 2.82. The van der Waals surface area contributed by atoms with Gasteiger partial charge in [0.15, 0.2) is 0 Å². The van der Waals surface area contributed by atoms with Crippen LogP contribution in [-0.4, -0.2) is 11.5 Å². The summed E-state index contributed by atoms with van der Waals surface area (Å²) in [5.41, 5.74) is 0.470. The second-order valence-corrected chi connectivity index (χ2v) is 4.42. The van der Waals surface area contributed by atoms with Crippen LogP contribution in [-0.2, 0) is 6.42 Å². The van der Waals surface area contributed by atoms with E-state index in [2.05, 4.69) is 16.6 Å². The van der Waals surface area contributed by atoms with E-state index in [1.807, 2.05) is 0 Å². The van der Waals surface area contributed by atoms with Crippen molar-refractivity contribution in [2.45, 2.75) is 13.0 Å². The number of hydrogen-bond acceptors (Lipinski definition) is 3. The van der Waals surface area contributed by atoms with Crippen LogP contribution in [0.3, 0.4) is 0 Å². The van der Waals surface area contributed by atoms with Crippen LogP contribution >= 0.6 is 0 Å². The monoisotopic (exact) mass is 321 g/mol. The molecule has 2 aromatic rings. The van der Waals surface area contributed by atoms with E-state index in [9.17, 15) is 23.3 Å². The van der Waals surface area contributed by atoms with Crippen molar-refractivity contribution in [2.24, 2.45) is 0 Å². The van der Waals surface area contributed by atoms with E-state index in [1.165, 1.54) is 18.2 Å². The number of hydrogen-bond donors (Lipinski definition) is 0. The highest BCUT2D eigenvalue weighted by molar-refractivity contribution is 5.43.